The van der Waals surface area contributed by atoms with E-state index in [4.69, 9.17) is 0 Å². The summed E-state index contributed by atoms with van der Waals surface area (Å²) in [6.45, 7) is 10.5. The first kappa shape index (κ1) is 14.2. The van der Waals surface area contributed by atoms with Crippen LogP contribution in [0.15, 0.2) is 12.7 Å². The molecule has 4 heteroatoms. The molecule has 1 unspecified atom stereocenters. The van der Waals surface area contributed by atoms with Gasteiger partial charge in [0.05, 0.1) is 0 Å². The van der Waals surface area contributed by atoms with Crippen molar-refractivity contribution in [2.75, 3.05) is 33.7 Å². The molecule has 0 spiro atoms. The van der Waals surface area contributed by atoms with Crippen LogP contribution < -0.4 is 5.32 Å². The van der Waals surface area contributed by atoms with Crippen molar-refractivity contribution in [3.63, 3.8) is 0 Å². The number of carbonyl (C=O) groups excluding carboxylic acids is 1. The molecule has 1 fully saturated rings. The van der Waals surface area contributed by atoms with E-state index in [9.17, 15) is 4.79 Å². The van der Waals surface area contributed by atoms with E-state index in [1.165, 1.54) is 0 Å². The molecule has 17 heavy (non-hydrogen) atoms. The zero-order chi connectivity index (χ0) is 13.1. The second-order valence-electron chi connectivity index (χ2n) is 5.34. The normalized spacial score (nSPS) is 25.8. The van der Waals surface area contributed by atoms with Crippen LogP contribution in [0.25, 0.3) is 0 Å². The third kappa shape index (κ3) is 3.07. The highest BCUT2D eigenvalue weighted by atomic mass is 16.2. The average Bonchev–Trinajstić information content (AvgIpc) is 2.35. The highest BCUT2D eigenvalue weighted by Gasteiger charge is 2.39. The summed E-state index contributed by atoms with van der Waals surface area (Å²) in [7, 11) is 3.77. The number of amides is 1. The summed E-state index contributed by atoms with van der Waals surface area (Å²) in [4.78, 5) is 16.4. The molecule has 0 aromatic heterocycles. The number of hydrogen-bond donors (Lipinski definition) is 1. The first-order chi connectivity index (χ1) is 7.94. The van der Waals surface area contributed by atoms with Gasteiger partial charge < -0.3 is 10.2 Å². The number of nitrogens with one attached hydrogen (secondary N) is 1. The van der Waals surface area contributed by atoms with Crippen LogP contribution in [0.4, 0.5) is 0 Å². The molecular formula is C13H25N3O. The van der Waals surface area contributed by atoms with Gasteiger partial charge in [0.25, 0.3) is 0 Å². The summed E-state index contributed by atoms with van der Waals surface area (Å²) in [5.74, 6) is 0.201. The average molecular weight is 239 g/mol. The zero-order valence-electron chi connectivity index (χ0n) is 11.5. The quantitative estimate of drug-likeness (QED) is 0.734. The predicted octanol–water partition coefficient (Wildman–Crippen LogP) is 0.703. The fourth-order valence-electron chi connectivity index (χ4n) is 2.41. The van der Waals surface area contributed by atoms with Gasteiger partial charge in [0.2, 0.25) is 5.91 Å². The molecular weight excluding hydrogens is 214 g/mol. The molecule has 1 N–H and O–H groups in total. The van der Waals surface area contributed by atoms with Crippen molar-refractivity contribution in [1.29, 1.82) is 0 Å². The highest BCUT2D eigenvalue weighted by molar-refractivity contribution is 5.82. The van der Waals surface area contributed by atoms with E-state index in [2.05, 4.69) is 30.6 Å². The van der Waals surface area contributed by atoms with E-state index in [0.717, 1.165) is 19.5 Å². The van der Waals surface area contributed by atoms with Crippen molar-refractivity contribution in [2.45, 2.75) is 31.8 Å². The van der Waals surface area contributed by atoms with Gasteiger partial charge in [-0.1, -0.05) is 6.08 Å². The molecule has 1 heterocycles. The van der Waals surface area contributed by atoms with Gasteiger partial charge in [0.15, 0.2) is 0 Å². The Hall–Kier alpha value is -0.870. The molecule has 0 bridgehead atoms. The van der Waals surface area contributed by atoms with Crippen LogP contribution in [0.5, 0.6) is 0 Å². The second kappa shape index (κ2) is 5.65. The van der Waals surface area contributed by atoms with Crippen LogP contribution in [0.3, 0.4) is 0 Å². The maximum Gasteiger partial charge on any atom is 0.241 e. The summed E-state index contributed by atoms with van der Waals surface area (Å²) in [6, 6.07) is -0.0968. The summed E-state index contributed by atoms with van der Waals surface area (Å²) in [5, 5.41) is 3.12. The summed E-state index contributed by atoms with van der Waals surface area (Å²) in [5.41, 5.74) is 0.0239. The van der Waals surface area contributed by atoms with Gasteiger partial charge in [0.1, 0.15) is 6.04 Å². The molecule has 1 rings (SSSR count). The van der Waals surface area contributed by atoms with Crippen LogP contribution in [-0.2, 0) is 4.79 Å². The first-order valence-electron chi connectivity index (χ1n) is 6.21. The predicted molar refractivity (Wildman–Crippen MR) is 71.0 cm³/mol. The summed E-state index contributed by atoms with van der Waals surface area (Å²) >= 11 is 0. The number of nitrogens with zero attached hydrogens (tertiary/aromatic N) is 2. The minimum absolute atomic E-state index is 0.0239. The van der Waals surface area contributed by atoms with E-state index in [1.807, 2.05) is 25.1 Å². The largest absolute Gasteiger partial charge is 0.344 e. The number of likely N-dealkylation sites (N-methyl/N-ethyl adjacent to an activating group) is 2. The molecule has 1 amide bonds. The fourth-order valence-corrected chi connectivity index (χ4v) is 2.41. The molecule has 1 aliphatic rings. The molecule has 1 aliphatic heterocycles. The van der Waals surface area contributed by atoms with Crippen molar-refractivity contribution in [3.05, 3.63) is 12.7 Å². The third-order valence-electron chi connectivity index (χ3n) is 3.60. The zero-order valence-corrected chi connectivity index (χ0v) is 11.5. The minimum atomic E-state index is -0.0968. The van der Waals surface area contributed by atoms with Gasteiger partial charge in [-0.2, -0.15) is 0 Å². The molecule has 0 aromatic carbocycles. The standard InChI is InChI=1S/C13H25N3O/c1-6-8-16-11(10-14-4)12(17)15(5)9-7-13(16,2)3/h6,11,14H,1,7-10H2,2-5H3. The van der Waals surface area contributed by atoms with Crippen molar-refractivity contribution in [3.8, 4) is 0 Å². The van der Waals surface area contributed by atoms with Crippen LogP contribution in [0.1, 0.15) is 20.3 Å². The Morgan fingerprint density at radius 3 is 2.76 bits per heavy atom. The van der Waals surface area contributed by atoms with Crippen LogP contribution in [-0.4, -0.2) is 61.0 Å². The lowest BCUT2D eigenvalue weighted by atomic mass is 9.96. The SMILES string of the molecule is C=CCN1C(CNC)C(=O)N(C)CCC1(C)C. The second-order valence-corrected chi connectivity index (χ2v) is 5.34. The molecule has 0 saturated carbocycles. The van der Waals surface area contributed by atoms with E-state index < -0.39 is 0 Å². The molecule has 0 aromatic rings. The van der Waals surface area contributed by atoms with Gasteiger partial charge in [-0.3, -0.25) is 9.69 Å². The monoisotopic (exact) mass is 239 g/mol. The first-order valence-corrected chi connectivity index (χ1v) is 6.21. The van der Waals surface area contributed by atoms with Crippen molar-refractivity contribution in [2.24, 2.45) is 0 Å². The summed E-state index contributed by atoms with van der Waals surface area (Å²) in [6.07, 6.45) is 2.87. The maximum atomic E-state index is 12.3. The van der Waals surface area contributed by atoms with Gasteiger partial charge >= 0.3 is 0 Å². The van der Waals surface area contributed by atoms with E-state index >= 15 is 0 Å². The third-order valence-corrected chi connectivity index (χ3v) is 3.60. The topological polar surface area (TPSA) is 35.6 Å². The summed E-state index contributed by atoms with van der Waals surface area (Å²) < 4.78 is 0. The smallest absolute Gasteiger partial charge is 0.241 e. The highest BCUT2D eigenvalue weighted by Crippen LogP contribution is 2.25. The number of rotatable bonds is 4. The molecule has 98 valence electrons. The molecule has 1 saturated heterocycles. The van der Waals surface area contributed by atoms with E-state index in [-0.39, 0.29) is 17.5 Å². The molecule has 0 radical (unpaired) electrons. The maximum absolute atomic E-state index is 12.3. The Kier molecular flexibility index (Phi) is 4.71. The fraction of sp³-hybridized carbons (Fsp3) is 0.769. The van der Waals surface area contributed by atoms with E-state index in [0.29, 0.717) is 6.54 Å². The Balaban J connectivity index is 3.02. The van der Waals surface area contributed by atoms with Crippen molar-refractivity contribution < 1.29 is 4.79 Å². The number of carbonyl (C=O) groups is 1. The Morgan fingerprint density at radius 2 is 2.24 bits per heavy atom. The Labute approximate surface area is 105 Å². The lowest BCUT2D eigenvalue weighted by Crippen LogP contribution is -2.56. The lowest BCUT2D eigenvalue weighted by Gasteiger charge is -2.40. The van der Waals surface area contributed by atoms with Crippen molar-refractivity contribution >= 4 is 5.91 Å². The lowest BCUT2D eigenvalue weighted by molar-refractivity contribution is -0.134. The van der Waals surface area contributed by atoms with Gasteiger partial charge in [-0.05, 0) is 27.3 Å². The molecule has 1 atom stereocenters. The van der Waals surface area contributed by atoms with Gasteiger partial charge in [-0.15, -0.1) is 6.58 Å². The van der Waals surface area contributed by atoms with Gasteiger partial charge in [-0.25, -0.2) is 0 Å². The Morgan fingerprint density at radius 1 is 1.59 bits per heavy atom. The molecule has 0 aliphatic carbocycles. The minimum Gasteiger partial charge on any atom is -0.344 e. The van der Waals surface area contributed by atoms with E-state index in [1.54, 1.807) is 0 Å². The number of hydrogen-bond acceptors (Lipinski definition) is 3. The van der Waals surface area contributed by atoms with Crippen molar-refractivity contribution in [1.82, 2.24) is 15.1 Å². The van der Waals surface area contributed by atoms with Crippen LogP contribution >= 0.6 is 0 Å². The van der Waals surface area contributed by atoms with Crippen LogP contribution in [0, 0.1) is 0 Å². The molecule has 4 nitrogen and oxygen atoms in total. The van der Waals surface area contributed by atoms with Crippen LogP contribution in [0.2, 0.25) is 0 Å². The van der Waals surface area contributed by atoms with Gasteiger partial charge in [0, 0.05) is 32.2 Å². The Bertz CT molecular complexity index is 288.